The zero-order valence-electron chi connectivity index (χ0n) is 11.5. The van der Waals surface area contributed by atoms with Crippen molar-refractivity contribution in [2.75, 3.05) is 5.32 Å². The summed E-state index contributed by atoms with van der Waals surface area (Å²) in [5, 5.41) is 4.40. The lowest BCUT2D eigenvalue weighted by Gasteiger charge is -2.31. The van der Waals surface area contributed by atoms with E-state index in [2.05, 4.69) is 10.3 Å². The molecular weight excluding hydrogens is 277 g/mol. The molecule has 1 N–H and O–H groups in total. The van der Waals surface area contributed by atoms with Gasteiger partial charge in [-0.15, -0.1) is 0 Å². The molecule has 5 heteroatoms. The van der Waals surface area contributed by atoms with Gasteiger partial charge in [0, 0.05) is 17.6 Å². The molecule has 21 heavy (non-hydrogen) atoms. The number of anilines is 1. The van der Waals surface area contributed by atoms with Crippen LogP contribution < -0.4 is 5.32 Å². The second kappa shape index (κ2) is 5.54. The van der Waals surface area contributed by atoms with E-state index in [4.69, 9.17) is 0 Å². The SMILES string of the molecule is FC(F)(F)C1CCC(Nc2cccc3cccnc23)CC1. The molecule has 0 unspecified atom stereocenters. The summed E-state index contributed by atoms with van der Waals surface area (Å²) in [5.74, 6) is -1.14. The Kier molecular flexibility index (Phi) is 3.74. The van der Waals surface area contributed by atoms with Gasteiger partial charge in [0.25, 0.3) is 0 Å². The Morgan fingerprint density at radius 2 is 1.71 bits per heavy atom. The second-order valence-corrected chi connectivity index (χ2v) is 5.62. The topological polar surface area (TPSA) is 24.9 Å². The smallest absolute Gasteiger partial charge is 0.381 e. The number of alkyl halides is 3. The van der Waals surface area contributed by atoms with Gasteiger partial charge in [0.2, 0.25) is 0 Å². The summed E-state index contributed by atoms with van der Waals surface area (Å²) in [6.45, 7) is 0. The maximum absolute atomic E-state index is 12.7. The summed E-state index contributed by atoms with van der Waals surface area (Å²) >= 11 is 0. The number of nitrogens with zero attached hydrogens (tertiary/aromatic N) is 1. The van der Waals surface area contributed by atoms with Gasteiger partial charge in [-0.05, 0) is 37.8 Å². The van der Waals surface area contributed by atoms with Crippen molar-refractivity contribution >= 4 is 16.6 Å². The van der Waals surface area contributed by atoms with Gasteiger partial charge < -0.3 is 5.32 Å². The predicted octanol–water partition coefficient (Wildman–Crippen LogP) is 4.77. The van der Waals surface area contributed by atoms with E-state index in [9.17, 15) is 13.2 Å². The highest BCUT2D eigenvalue weighted by molar-refractivity contribution is 5.90. The van der Waals surface area contributed by atoms with Crippen LogP contribution in [0.25, 0.3) is 10.9 Å². The van der Waals surface area contributed by atoms with Crippen LogP contribution in [0, 0.1) is 5.92 Å². The number of rotatable bonds is 2. The number of nitrogens with one attached hydrogen (secondary N) is 1. The van der Waals surface area contributed by atoms with Gasteiger partial charge in [-0.2, -0.15) is 13.2 Å². The van der Waals surface area contributed by atoms with Gasteiger partial charge in [-0.25, -0.2) is 0 Å². The Hall–Kier alpha value is -1.78. The van der Waals surface area contributed by atoms with Crippen molar-refractivity contribution in [1.82, 2.24) is 4.98 Å². The Balaban J connectivity index is 1.70. The van der Waals surface area contributed by atoms with Gasteiger partial charge in [0.05, 0.1) is 17.1 Å². The molecule has 112 valence electrons. The minimum absolute atomic E-state index is 0.0937. The highest BCUT2D eigenvalue weighted by Gasteiger charge is 2.41. The monoisotopic (exact) mass is 294 g/mol. The van der Waals surface area contributed by atoms with Crippen LogP contribution in [-0.4, -0.2) is 17.2 Å². The van der Waals surface area contributed by atoms with Gasteiger partial charge in [-0.3, -0.25) is 4.98 Å². The predicted molar refractivity (Wildman–Crippen MR) is 77.2 cm³/mol. The maximum atomic E-state index is 12.7. The fraction of sp³-hybridized carbons (Fsp3) is 0.438. The first kappa shape index (κ1) is 14.2. The maximum Gasteiger partial charge on any atom is 0.391 e. The fourth-order valence-corrected chi connectivity index (χ4v) is 3.01. The first-order valence-electron chi connectivity index (χ1n) is 7.21. The van der Waals surface area contributed by atoms with Gasteiger partial charge in [-0.1, -0.05) is 18.2 Å². The third-order valence-electron chi connectivity index (χ3n) is 4.18. The molecular formula is C16H17F3N2. The highest BCUT2D eigenvalue weighted by atomic mass is 19.4. The second-order valence-electron chi connectivity index (χ2n) is 5.62. The molecule has 0 saturated heterocycles. The molecule has 0 bridgehead atoms. The molecule has 1 saturated carbocycles. The summed E-state index contributed by atoms with van der Waals surface area (Å²) in [5.41, 5.74) is 1.78. The molecule has 1 heterocycles. The van der Waals surface area contributed by atoms with E-state index in [1.54, 1.807) is 6.20 Å². The lowest BCUT2D eigenvalue weighted by atomic mass is 9.85. The molecule has 1 aromatic carbocycles. The average molecular weight is 294 g/mol. The van der Waals surface area contributed by atoms with E-state index in [0.717, 1.165) is 16.6 Å². The molecule has 0 radical (unpaired) electrons. The van der Waals surface area contributed by atoms with Crippen LogP contribution in [0.15, 0.2) is 36.5 Å². The minimum atomic E-state index is -4.05. The van der Waals surface area contributed by atoms with Gasteiger partial charge in [0.1, 0.15) is 0 Å². The van der Waals surface area contributed by atoms with Crippen molar-refractivity contribution in [1.29, 1.82) is 0 Å². The van der Waals surface area contributed by atoms with Gasteiger partial charge in [0.15, 0.2) is 0 Å². The van der Waals surface area contributed by atoms with Crippen LogP contribution in [0.4, 0.5) is 18.9 Å². The largest absolute Gasteiger partial charge is 0.391 e. The van der Waals surface area contributed by atoms with E-state index in [1.807, 2.05) is 30.3 Å². The summed E-state index contributed by atoms with van der Waals surface area (Å²) in [6, 6.07) is 9.80. The number of hydrogen-bond acceptors (Lipinski definition) is 2. The van der Waals surface area contributed by atoms with Crippen molar-refractivity contribution in [3.05, 3.63) is 36.5 Å². The van der Waals surface area contributed by atoms with Crippen molar-refractivity contribution in [2.24, 2.45) is 5.92 Å². The lowest BCUT2D eigenvalue weighted by Crippen LogP contribution is -2.32. The van der Waals surface area contributed by atoms with E-state index in [1.165, 1.54) is 0 Å². The molecule has 3 rings (SSSR count). The molecule has 1 fully saturated rings. The zero-order chi connectivity index (χ0) is 14.9. The fourth-order valence-electron chi connectivity index (χ4n) is 3.01. The van der Waals surface area contributed by atoms with Crippen LogP contribution in [0.5, 0.6) is 0 Å². The first-order chi connectivity index (χ1) is 10.0. The normalized spacial score (nSPS) is 23.2. The Morgan fingerprint density at radius 3 is 2.43 bits per heavy atom. The number of halogens is 3. The zero-order valence-corrected chi connectivity index (χ0v) is 11.5. The average Bonchev–Trinajstić information content (AvgIpc) is 2.47. The third-order valence-corrected chi connectivity index (χ3v) is 4.18. The van der Waals surface area contributed by atoms with Crippen LogP contribution in [-0.2, 0) is 0 Å². The number of aromatic nitrogens is 1. The number of benzene rings is 1. The molecule has 0 aliphatic heterocycles. The Bertz CT molecular complexity index is 611. The molecule has 1 aliphatic rings. The van der Waals surface area contributed by atoms with E-state index >= 15 is 0 Å². The molecule has 0 spiro atoms. The molecule has 2 aromatic rings. The third kappa shape index (κ3) is 3.12. The minimum Gasteiger partial charge on any atom is -0.381 e. The van der Waals surface area contributed by atoms with Crippen LogP contribution >= 0.6 is 0 Å². The lowest BCUT2D eigenvalue weighted by molar-refractivity contribution is -0.182. The first-order valence-corrected chi connectivity index (χ1v) is 7.21. The molecule has 1 aliphatic carbocycles. The van der Waals surface area contributed by atoms with E-state index in [0.29, 0.717) is 12.8 Å². The van der Waals surface area contributed by atoms with E-state index in [-0.39, 0.29) is 18.9 Å². The number of pyridine rings is 1. The summed E-state index contributed by atoms with van der Waals surface area (Å²) in [6.07, 6.45) is -0.806. The number of para-hydroxylation sites is 1. The van der Waals surface area contributed by atoms with Crippen LogP contribution in [0.3, 0.4) is 0 Å². The molecule has 0 atom stereocenters. The summed E-state index contributed by atoms with van der Waals surface area (Å²) in [7, 11) is 0. The summed E-state index contributed by atoms with van der Waals surface area (Å²) < 4.78 is 38.0. The van der Waals surface area contributed by atoms with Crippen LogP contribution in [0.2, 0.25) is 0 Å². The van der Waals surface area contributed by atoms with Crippen molar-refractivity contribution in [2.45, 2.75) is 37.9 Å². The molecule has 2 nitrogen and oxygen atoms in total. The molecule has 0 amide bonds. The van der Waals surface area contributed by atoms with Gasteiger partial charge >= 0.3 is 6.18 Å². The number of hydrogen-bond donors (Lipinski definition) is 1. The van der Waals surface area contributed by atoms with E-state index < -0.39 is 12.1 Å². The van der Waals surface area contributed by atoms with Crippen molar-refractivity contribution in [3.8, 4) is 0 Å². The van der Waals surface area contributed by atoms with Crippen LogP contribution in [0.1, 0.15) is 25.7 Å². The standard InChI is InChI=1S/C16H17F3N2/c17-16(18,19)12-6-8-13(9-7-12)21-14-5-1-3-11-4-2-10-20-15(11)14/h1-5,10,12-13,21H,6-9H2. The Labute approximate surface area is 121 Å². The van der Waals surface area contributed by atoms with Crippen molar-refractivity contribution < 1.29 is 13.2 Å². The highest BCUT2D eigenvalue weighted by Crippen LogP contribution is 2.38. The summed E-state index contributed by atoms with van der Waals surface area (Å²) in [4.78, 5) is 4.36. The quantitative estimate of drug-likeness (QED) is 0.863. The van der Waals surface area contributed by atoms with Crippen molar-refractivity contribution in [3.63, 3.8) is 0 Å². The number of fused-ring (bicyclic) bond motifs is 1. The Morgan fingerprint density at radius 1 is 1.00 bits per heavy atom. The molecule has 1 aromatic heterocycles.